The summed E-state index contributed by atoms with van der Waals surface area (Å²) in [4.78, 5) is 12.3. The van der Waals surface area contributed by atoms with Crippen LogP contribution in [-0.2, 0) is 17.0 Å². The van der Waals surface area contributed by atoms with E-state index in [1.807, 2.05) is 0 Å². The van der Waals surface area contributed by atoms with E-state index in [2.05, 4.69) is 4.74 Å². The number of ether oxygens (including phenoxy) is 1. The second-order valence-electron chi connectivity index (χ2n) is 8.49. The third kappa shape index (κ3) is 12.9. The van der Waals surface area contributed by atoms with Gasteiger partial charge in [-0.25, -0.2) is 13.6 Å². The van der Waals surface area contributed by atoms with Crippen molar-refractivity contribution in [1.29, 1.82) is 0 Å². The number of hydrogen-bond acceptors (Lipinski definition) is 4. The molecule has 0 spiro atoms. The van der Waals surface area contributed by atoms with Crippen LogP contribution in [0.5, 0.6) is 5.75 Å². The molecule has 0 amide bonds. The van der Waals surface area contributed by atoms with Crippen LogP contribution in [-0.4, -0.2) is 48.4 Å². The molecule has 3 rings (SSSR count). The summed E-state index contributed by atoms with van der Waals surface area (Å²) in [7, 11) is 0. The maximum absolute atomic E-state index is 13.1. The van der Waals surface area contributed by atoms with Gasteiger partial charge in [-0.15, -0.1) is 0 Å². The Morgan fingerprint density at radius 1 is 0.833 bits per heavy atom. The van der Waals surface area contributed by atoms with E-state index in [-0.39, 0.29) is 28.5 Å². The Hall–Kier alpha value is -3.62. The molecule has 1 N–H and O–H groups in total. The van der Waals surface area contributed by atoms with Crippen LogP contribution in [0.2, 0.25) is 0 Å². The van der Waals surface area contributed by atoms with Gasteiger partial charge in [0, 0.05) is 22.8 Å². The van der Waals surface area contributed by atoms with E-state index in [0.29, 0.717) is 10.5 Å². The van der Waals surface area contributed by atoms with Crippen LogP contribution >= 0.6 is 11.8 Å². The molecule has 0 bridgehead atoms. The Morgan fingerprint density at radius 2 is 1.38 bits per heavy atom. The number of anilines is 1. The molecule has 0 radical (unpaired) electrons. The van der Waals surface area contributed by atoms with Crippen molar-refractivity contribution in [3.63, 3.8) is 0 Å². The first-order valence-electron chi connectivity index (χ1n) is 11.8. The Balaban J connectivity index is 0.000000428. The maximum Gasteiger partial charge on any atom is 0.405 e. The predicted molar refractivity (Wildman–Crippen MR) is 137 cm³/mol. The van der Waals surface area contributed by atoms with Gasteiger partial charge in [-0.2, -0.15) is 46.9 Å². The first kappa shape index (κ1) is 34.6. The third-order valence-corrected chi connectivity index (χ3v) is 6.28. The number of alkyl halides is 8. The van der Waals surface area contributed by atoms with Gasteiger partial charge in [-0.1, -0.05) is 30.3 Å². The molecular formula is C27H23F10NO3S. The summed E-state index contributed by atoms with van der Waals surface area (Å²) in [6.45, 7) is -4.61. The molecule has 42 heavy (non-hydrogen) atoms. The lowest BCUT2D eigenvalue weighted by atomic mass is 10.1. The van der Waals surface area contributed by atoms with Crippen LogP contribution in [0.25, 0.3) is 0 Å². The molecule has 0 aliphatic carbocycles. The number of para-hydroxylation sites is 1. The highest BCUT2D eigenvalue weighted by Crippen LogP contribution is 2.29. The number of rotatable bonds is 11. The Morgan fingerprint density at radius 3 is 1.88 bits per heavy atom. The van der Waals surface area contributed by atoms with E-state index in [0.717, 1.165) is 60.3 Å². The summed E-state index contributed by atoms with van der Waals surface area (Å²) in [5.74, 6) is -3.06. The molecule has 0 fully saturated rings. The molecule has 4 nitrogen and oxygen atoms in total. The molecule has 0 aliphatic rings. The van der Waals surface area contributed by atoms with Crippen molar-refractivity contribution in [1.82, 2.24) is 0 Å². The first-order chi connectivity index (χ1) is 19.5. The van der Waals surface area contributed by atoms with Crippen molar-refractivity contribution >= 4 is 23.4 Å². The Kier molecular flexibility index (Phi) is 12.8. The van der Waals surface area contributed by atoms with Crippen LogP contribution in [0.1, 0.15) is 11.1 Å². The average molecular weight is 632 g/mol. The van der Waals surface area contributed by atoms with Gasteiger partial charge in [0.2, 0.25) is 0 Å². The molecular weight excluding hydrogens is 608 g/mol. The number of carboxylic acids is 1. The summed E-state index contributed by atoms with van der Waals surface area (Å²) in [6, 6.07) is 12.5. The number of hydrogen-bond donors (Lipinski definition) is 1. The fourth-order valence-electron chi connectivity index (χ4n) is 3.45. The molecule has 15 heteroatoms. The van der Waals surface area contributed by atoms with Gasteiger partial charge in [-0.05, 0) is 48.0 Å². The Labute approximate surface area is 237 Å². The summed E-state index contributed by atoms with van der Waals surface area (Å²) in [5.41, 5.74) is 0.308. The topological polar surface area (TPSA) is 49.8 Å². The van der Waals surface area contributed by atoms with Crippen LogP contribution in [0.4, 0.5) is 49.6 Å². The quantitative estimate of drug-likeness (QED) is 0.217. The van der Waals surface area contributed by atoms with Gasteiger partial charge in [0.25, 0.3) is 0 Å². The molecule has 0 saturated heterocycles. The van der Waals surface area contributed by atoms with Gasteiger partial charge in [-0.3, -0.25) is 0 Å². The zero-order valence-electron chi connectivity index (χ0n) is 21.3. The number of halogens is 10. The second-order valence-corrected chi connectivity index (χ2v) is 9.52. The maximum atomic E-state index is 13.1. The lowest BCUT2D eigenvalue weighted by Crippen LogP contribution is -2.47. The highest BCUT2D eigenvalue weighted by molar-refractivity contribution is 7.98. The van der Waals surface area contributed by atoms with Crippen molar-refractivity contribution in [2.75, 3.05) is 17.2 Å². The molecule has 0 saturated carbocycles. The molecule has 0 heterocycles. The highest BCUT2D eigenvalue weighted by Gasteiger charge is 2.37. The van der Waals surface area contributed by atoms with Crippen LogP contribution < -0.4 is 9.64 Å². The van der Waals surface area contributed by atoms with Crippen molar-refractivity contribution in [3.05, 3.63) is 95.6 Å². The molecule has 1 atom stereocenters. The third-order valence-electron chi connectivity index (χ3n) is 5.21. The molecule has 230 valence electrons. The van der Waals surface area contributed by atoms with E-state index in [9.17, 15) is 53.8 Å². The molecule has 0 unspecified atom stereocenters. The summed E-state index contributed by atoms with van der Waals surface area (Å²) < 4.78 is 129. The second kappa shape index (κ2) is 15.6. The van der Waals surface area contributed by atoms with Crippen molar-refractivity contribution < 1.29 is 58.5 Å². The minimum atomic E-state index is -4.70. The predicted octanol–water partition coefficient (Wildman–Crippen LogP) is 8.11. The summed E-state index contributed by atoms with van der Waals surface area (Å²) in [5, 5.41) is 9.51. The molecule has 3 aromatic carbocycles. The average Bonchev–Trinajstić information content (AvgIpc) is 2.87. The van der Waals surface area contributed by atoms with Crippen molar-refractivity contribution in [2.24, 2.45) is 0 Å². The minimum Gasteiger partial charge on any atom is -0.480 e. The lowest BCUT2D eigenvalue weighted by Gasteiger charge is -2.31. The number of nitrogens with zero attached hydrogens (tertiary/aromatic N) is 1. The standard InChI is InChI=1S/C19H17F6NO3S.C8H6F4/c20-13-5-7-14(8-6-13)26(11-19(23,24)25)15(17(27)28)10-30-9-12-3-1-2-4-16(12)29-18(21)22;9-7-3-1-6(2-4-7)5-8(10,11)12/h1-8,15,18H,9-11H2,(H,27,28);1-4H,5H2/t15-;/m0./s1. The van der Waals surface area contributed by atoms with Crippen LogP contribution in [0.15, 0.2) is 72.8 Å². The molecule has 3 aromatic rings. The van der Waals surface area contributed by atoms with Crippen LogP contribution in [0.3, 0.4) is 0 Å². The fourth-order valence-corrected chi connectivity index (χ4v) is 4.57. The smallest absolute Gasteiger partial charge is 0.405 e. The lowest BCUT2D eigenvalue weighted by molar-refractivity contribution is -0.140. The van der Waals surface area contributed by atoms with E-state index < -0.39 is 55.6 Å². The number of aliphatic carboxylic acids is 1. The normalized spacial score (nSPS) is 12.4. The van der Waals surface area contributed by atoms with Crippen molar-refractivity contribution in [3.8, 4) is 5.75 Å². The first-order valence-corrected chi connectivity index (χ1v) is 12.9. The van der Waals surface area contributed by atoms with Gasteiger partial charge < -0.3 is 14.7 Å². The largest absolute Gasteiger partial charge is 0.480 e. The Bertz CT molecular complexity index is 1250. The zero-order valence-corrected chi connectivity index (χ0v) is 22.1. The number of thioether (sulfide) groups is 1. The van der Waals surface area contributed by atoms with E-state index in [1.165, 1.54) is 18.2 Å². The molecule has 0 aliphatic heterocycles. The van der Waals surface area contributed by atoms with E-state index >= 15 is 0 Å². The van der Waals surface area contributed by atoms with E-state index in [4.69, 9.17) is 0 Å². The number of carbonyl (C=O) groups is 1. The highest BCUT2D eigenvalue weighted by atomic mass is 32.2. The van der Waals surface area contributed by atoms with Gasteiger partial charge >= 0.3 is 24.9 Å². The summed E-state index contributed by atoms with van der Waals surface area (Å²) in [6.07, 6.45) is -9.93. The summed E-state index contributed by atoms with van der Waals surface area (Å²) >= 11 is 0.947. The SMILES string of the molecule is Fc1ccc(CC(F)(F)F)cc1.O=C(O)[C@H](CSCc1ccccc1OC(F)F)N(CC(F)(F)F)c1ccc(F)cc1. The number of carboxylic acid groups (broad SMARTS) is 1. The van der Waals surface area contributed by atoms with Gasteiger partial charge in [0.1, 0.15) is 30.0 Å². The van der Waals surface area contributed by atoms with Gasteiger partial charge in [0.05, 0.1) is 6.42 Å². The fraction of sp³-hybridized carbons (Fsp3) is 0.296. The van der Waals surface area contributed by atoms with Crippen molar-refractivity contribution in [2.45, 2.75) is 37.2 Å². The monoisotopic (exact) mass is 631 g/mol. The minimum absolute atomic E-state index is 0.0376. The van der Waals surface area contributed by atoms with E-state index in [1.54, 1.807) is 6.07 Å². The zero-order chi connectivity index (χ0) is 31.5. The van der Waals surface area contributed by atoms with Crippen LogP contribution in [0, 0.1) is 11.6 Å². The van der Waals surface area contributed by atoms with Gasteiger partial charge in [0.15, 0.2) is 0 Å². The molecule has 0 aromatic heterocycles. The number of benzene rings is 3.